The van der Waals surface area contributed by atoms with Crippen LogP contribution in [0, 0.1) is 5.92 Å². The van der Waals surface area contributed by atoms with E-state index in [2.05, 4.69) is 27.8 Å². The monoisotopic (exact) mass is 471 g/mol. The molecular formula is C27H25N3O5. The second kappa shape index (κ2) is 9.58. The van der Waals surface area contributed by atoms with Crippen LogP contribution in [0.1, 0.15) is 46.8 Å². The smallest absolute Gasteiger partial charge is 0.407 e. The second-order valence-electron chi connectivity index (χ2n) is 8.93. The van der Waals surface area contributed by atoms with Gasteiger partial charge in [0.25, 0.3) is 0 Å². The maximum absolute atomic E-state index is 12.9. The third-order valence-electron chi connectivity index (χ3n) is 6.47. The number of carbonyl (C=O) groups excluding carboxylic acids is 2. The summed E-state index contributed by atoms with van der Waals surface area (Å²) in [6.45, 7) is 0.165. The van der Waals surface area contributed by atoms with Crippen LogP contribution >= 0.6 is 0 Å². The average molecular weight is 472 g/mol. The van der Waals surface area contributed by atoms with Gasteiger partial charge in [0.1, 0.15) is 18.3 Å². The first-order chi connectivity index (χ1) is 17.0. The van der Waals surface area contributed by atoms with Gasteiger partial charge in [0.05, 0.1) is 11.9 Å². The molecule has 1 saturated carbocycles. The fourth-order valence-corrected chi connectivity index (χ4v) is 4.52. The summed E-state index contributed by atoms with van der Waals surface area (Å²) in [4.78, 5) is 40.4. The lowest BCUT2D eigenvalue weighted by atomic mass is 9.98. The number of nitrogens with one attached hydrogen (secondary N) is 2. The van der Waals surface area contributed by atoms with E-state index in [9.17, 15) is 14.4 Å². The molecule has 1 unspecified atom stereocenters. The quantitative estimate of drug-likeness (QED) is 0.448. The van der Waals surface area contributed by atoms with E-state index in [0.717, 1.165) is 35.1 Å². The fraction of sp³-hybridized carbons (Fsp3) is 0.259. The number of aromatic carboxylic acids is 1. The molecule has 5 rings (SSSR count). The van der Waals surface area contributed by atoms with Gasteiger partial charge in [0.15, 0.2) is 0 Å². The molecule has 2 amide bonds. The minimum absolute atomic E-state index is 0.0670. The zero-order chi connectivity index (χ0) is 24.4. The topological polar surface area (TPSA) is 118 Å². The van der Waals surface area contributed by atoms with Gasteiger partial charge in [-0.1, -0.05) is 61.4 Å². The molecule has 1 fully saturated rings. The van der Waals surface area contributed by atoms with Gasteiger partial charge in [-0.2, -0.15) is 0 Å². The van der Waals surface area contributed by atoms with Crippen molar-refractivity contribution in [2.75, 3.05) is 11.9 Å². The van der Waals surface area contributed by atoms with Crippen molar-refractivity contribution in [1.29, 1.82) is 0 Å². The van der Waals surface area contributed by atoms with E-state index in [1.807, 2.05) is 36.4 Å². The minimum Gasteiger partial charge on any atom is -0.477 e. The summed E-state index contributed by atoms with van der Waals surface area (Å²) in [6, 6.07) is 18.2. The summed E-state index contributed by atoms with van der Waals surface area (Å²) in [5, 5.41) is 14.4. The van der Waals surface area contributed by atoms with Crippen LogP contribution < -0.4 is 10.6 Å². The number of fused-ring (bicyclic) bond motifs is 3. The number of aromatic nitrogens is 1. The van der Waals surface area contributed by atoms with Crippen LogP contribution in [0.3, 0.4) is 0 Å². The summed E-state index contributed by atoms with van der Waals surface area (Å²) in [5.41, 5.74) is 4.76. The van der Waals surface area contributed by atoms with Crippen molar-refractivity contribution in [2.45, 2.75) is 31.2 Å². The number of carboxylic acid groups (broad SMARTS) is 1. The van der Waals surface area contributed by atoms with Crippen LogP contribution in [-0.2, 0) is 9.53 Å². The first kappa shape index (κ1) is 22.6. The standard InChI is InChI=1S/C27H25N3O5/c31-25(29-17-11-12-23(26(32)33)28-14-17)24(13-16-9-10-16)30-27(34)35-15-22-20-7-3-1-5-18(20)19-6-2-4-8-21(19)22/h1-8,11-12,14,16,22,24H,9-10,13,15H2,(H,29,31)(H,30,34)(H,32,33). The van der Waals surface area contributed by atoms with Crippen LogP contribution in [0.15, 0.2) is 66.9 Å². The average Bonchev–Trinajstić information content (AvgIpc) is 3.63. The Kier molecular flexibility index (Phi) is 6.18. The number of ether oxygens (including phenoxy) is 1. The Labute approximate surface area is 202 Å². The van der Waals surface area contributed by atoms with Crippen molar-refractivity contribution in [3.8, 4) is 11.1 Å². The SMILES string of the molecule is O=C(NC(CC1CC1)C(=O)Nc1ccc(C(=O)O)nc1)OCC1c2ccccc2-c2ccccc21. The van der Waals surface area contributed by atoms with Gasteiger partial charge < -0.3 is 20.5 Å². The van der Waals surface area contributed by atoms with E-state index >= 15 is 0 Å². The lowest BCUT2D eigenvalue weighted by Gasteiger charge is -2.19. The van der Waals surface area contributed by atoms with Gasteiger partial charge in [-0.25, -0.2) is 14.6 Å². The first-order valence-electron chi connectivity index (χ1n) is 11.6. The molecule has 0 saturated heterocycles. The van der Waals surface area contributed by atoms with Crippen LogP contribution in [-0.4, -0.2) is 40.7 Å². The predicted octanol–water partition coefficient (Wildman–Crippen LogP) is 4.43. The van der Waals surface area contributed by atoms with Gasteiger partial charge in [0.2, 0.25) is 5.91 Å². The van der Waals surface area contributed by atoms with E-state index in [0.29, 0.717) is 18.0 Å². The molecular weight excluding hydrogens is 446 g/mol. The van der Waals surface area contributed by atoms with Crippen LogP contribution in [0.5, 0.6) is 0 Å². The normalized spacial score (nSPS) is 15.0. The molecule has 1 aromatic heterocycles. The first-order valence-corrected chi connectivity index (χ1v) is 11.6. The second-order valence-corrected chi connectivity index (χ2v) is 8.93. The van der Waals surface area contributed by atoms with Crippen molar-refractivity contribution in [2.24, 2.45) is 5.92 Å². The molecule has 8 nitrogen and oxygen atoms in total. The van der Waals surface area contributed by atoms with E-state index in [4.69, 9.17) is 9.84 Å². The molecule has 1 heterocycles. The number of pyridine rings is 1. The number of rotatable bonds is 8. The summed E-state index contributed by atoms with van der Waals surface area (Å²) >= 11 is 0. The number of hydrogen-bond acceptors (Lipinski definition) is 5. The molecule has 8 heteroatoms. The Morgan fingerprint density at radius 1 is 0.971 bits per heavy atom. The van der Waals surface area contributed by atoms with Crippen LogP contribution in [0.4, 0.5) is 10.5 Å². The molecule has 2 aliphatic rings. The van der Waals surface area contributed by atoms with Crippen LogP contribution in [0.25, 0.3) is 11.1 Å². The summed E-state index contributed by atoms with van der Waals surface area (Å²) in [5.74, 6) is -1.23. The minimum atomic E-state index is -1.15. The van der Waals surface area contributed by atoms with Crippen molar-refractivity contribution in [3.63, 3.8) is 0 Å². The Balaban J connectivity index is 1.23. The third kappa shape index (κ3) is 5.01. The Bertz CT molecular complexity index is 1220. The molecule has 2 aliphatic carbocycles. The molecule has 2 aromatic carbocycles. The molecule has 3 aromatic rings. The lowest BCUT2D eigenvalue weighted by Crippen LogP contribution is -2.44. The highest BCUT2D eigenvalue weighted by molar-refractivity contribution is 5.96. The van der Waals surface area contributed by atoms with E-state index in [1.165, 1.54) is 18.3 Å². The molecule has 1 atom stereocenters. The highest BCUT2D eigenvalue weighted by atomic mass is 16.5. The summed E-state index contributed by atoms with van der Waals surface area (Å²) in [6.07, 6.45) is 3.18. The number of carboxylic acids is 1. The Hall–Kier alpha value is -4.20. The van der Waals surface area contributed by atoms with Crippen molar-refractivity contribution in [3.05, 3.63) is 83.7 Å². The Morgan fingerprint density at radius 2 is 1.63 bits per heavy atom. The fourth-order valence-electron chi connectivity index (χ4n) is 4.52. The molecule has 3 N–H and O–H groups in total. The van der Waals surface area contributed by atoms with Crippen molar-refractivity contribution < 1.29 is 24.2 Å². The maximum Gasteiger partial charge on any atom is 0.407 e. The number of anilines is 1. The van der Waals surface area contributed by atoms with E-state index in [1.54, 1.807) is 0 Å². The number of hydrogen-bond donors (Lipinski definition) is 3. The van der Waals surface area contributed by atoms with Gasteiger partial charge in [0, 0.05) is 5.92 Å². The Morgan fingerprint density at radius 3 is 2.20 bits per heavy atom. The molecule has 0 bridgehead atoms. The summed E-state index contributed by atoms with van der Waals surface area (Å²) in [7, 11) is 0. The predicted molar refractivity (Wildman–Crippen MR) is 129 cm³/mol. The van der Waals surface area contributed by atoms with Crippen LogP contribution in [0.2, 0.25) is 0 Å². The highest BCUT2D eigenvalue weighted by Gasteiger charge is 2.32. The van der Waals surface area contributed by atoms with Gasteiger partial charge in [-0.05, 0) is 46.7 Å². The molecule has 35 heavy (non-hydrogen) atoms. The number of carbonyl (C=O) groups is 3. The third-order valence-corrected chi connectivity index (χ3v) is 6.47. The zero-order valence-corrected chi connectivity index (χ0v) is 18.9. The lowest BCUT2D eigenvalue weighted by molar-refractivity contribution is -0.118. The largest absolute Gasteiger partial charge is 0.477 e. The van der Waals surface area contributed by atoms with E-state index < -0.39 is 24.0 Å². The van der Waals surface area contributed by atoms with Gasteiger partial charge in [-0.3, -0.25) is 4.79 Å². The van der Waals surface area contributed by atoms with Gasteiger partial charge >= 0.3 is 12.1 Å². The van der Waals surface area contributed by atoms with E-state index in [-0.39, 0.29) is 18.2 Å². The number of amides is 2. The van der Waals surface area contributed by atoms with Crippen molar-refractivity contribution >= 4 is 23.7 Å². The zero-order valence-electron chi connectivity index (χ0n) is 18.9. The van der Waals surface area contributed by atoms with Crippen molar-refractivity contribution in [1.82, 2.24) is 10.3 Å². The number of nitrogens with zero attached hydrogens (tertiary/aromatic N) is 1. The highest BCUT2D eigenvalue weighted by Crippen LogP contribution is 2.44. The maximum atomic E-state index is 12.9. The molecule has 0 aliphatic heterocycles. The molecule has 178 valence electrons. The molecule has 0 radical (unpaired) electrons. The number of benzene rings is 2. The van der Waals surface area contributed by atoms with Gasteiger partial charge in [-0.15, -0.1) is 0 Å². The molecule has 0 spiro atoms. The summed E-state index contributed by atoms with van der Waals surface area (Å²) < 4.78 is 5.61. The number of alkyl carbamates (subject to hydrolysis) is 1.